The van der Waals surface area contributed by atoms with Crippen LogP contribution in [-0.2, 0) is 14.4 Å². The first-order valence-electron chi connectivity index (χ1n) is 7.30. The molecule has 0 aliphatic heterocycles. The molecule has 0 saturated heterocycles. The number of carboxylic acid groups (broad SMARTS) is 1. The molecule has 6 heteroatoms. The molecule has 0 fully saturated rings. The van der Waals surface area contributed by atoms with Crippen molar-refractivity contribution in [3.05, 3.63) is 0 Å². The SMILES string of the molecule is CCCCCNC(=O)CC[C@H](NC(=O)CCC)C(=O)O. The second kappa shape index (κ2) is 11.3. The van der Waals surface area contributed by atoms with Gasteiger partial charge in [0.05, 0.1) is 0 Å². The lowest BCUT2D eigenvalue weighted by atomic mass is 10.1. The van der Waals surface area contributed by atoms with Crippen LogP contribution < -0.4 is 10.6 Å². The molecular formula is C14H26N2O4. The van der Waals surface area contributed by atoms with Gasteiger partial charge in [0, 0.05) is 19.4 Å². The molecular weight excluding hydrogens is 260 g/mol. The molecule has 0 saturated carbocycles. The highest BCUT2D eigenvalue weighted by Gasteiger charge is 2.20. The minimum atomic E-state index is -1.10. The third kappa shape index (κ3) is 9.35. The molecule has 3 N–H and O–H groups in total. The summed E-state index contributed by atoms with van der Waals surface area (Å²) < 4.78 is 0. The number of aliphatic carboxylic acids is 1. The van der Waals surface area contributed by atoms with E-state index in [9.17, 15) is 14.4 Å². The number of carbonyl (C=O) groups is 3. The van der Waals surface area contributed by atoms with Crippen molar-refractivity contribution in [2.24, 2.45) is 0 Å². The summed E-state index contributed by atoms with van der Waals surface area (Å²) in [5, 5.41) is 14.2. The van der Waals surface area contributed by atoms with Crippen molar-refractivity contribution in [1.29, 1.82) is 0 Å². The third-order valence-electron chi connectivity index (χ3n) is 2.87. The summed E-state index contributed by atoms with van der Waals surface area (Å²) >= 11 is 0. The molecule has 0 aromatic carbocycles. The minimum Gasteiger partial charge on any atom is -0.480 e. The molecule has 0 aromatic rings. The second-order valence-electron chi connectivity index (χ2n) is 4.80. The minimum absolute atomic E-state index is 0.107. The fourth-order valence-corrected chi connectivity index (χ4v) is 1.72. The van der Waals surface area contributed by atoms with Crippen molar-refractivity contribution in [3.8, 4) is 0 Å². The van der Waals surface area contributed by atoms with E-state index in [4.69, 9.17) is 5.11 Å². The van der Waals surface area contributed by atoms with Gasteiger partial charge in [0.1, 0.15) is 6.04 Å². The Morgan fingerprint density at radius 3 is 2.25 bits per heavy atom. The maximum Gasteiger partial charge on any atom is 0.326 e. The Morgan fingerprint density at radius 1 is 1.00 bits per heavy atom. The van der Waals surface area contributed by atoms with Crippen LogP contribution in [0, 0.1) is 0 Å². The maximum atomic E-state index is 11.5. The molecule has 0 unspecified atom stereocenters. The van der Waals surface area contributed by atoms with E-state index in [-0.39, 0.29) is 24.7 Å². The highest BCUT2D eigenvalue weighted by Crippen LogP contribution is 2.00. The first kappa shape index (κ1) is 18.4. The monoisotopic (exact) mass is 286 g/mol. The van der Waals surface area contributed by atoms with Crippen LogP contribution in [0.4, 0.5) is 0 Å². The van der Waals surface area contributed by atoms with Gasteiger partial charge in [0.25, 0.3) is 0 Å². The fraction of sp³-hybridized carbons (Fsp3) is 0.786. The standard InChI is InChI=1S/C14H26N2O4/c1-3-5-6-10-15-12(17)9-8-11(14(19)20)16-13(18)7-4-2/h11H,3-10H2,1-2H3,(H,15,17)(H,16,18)(H,19,20)/t11-/m0/s1. The van der Waals surface area contributed by atoms with Crippen molar-refractivity contribution in [2.75, 3.05) is 6.54 Å². The number of hydrogen-bond donors (Lipinski definition) is 3. The van der Waals surface area contributed by atoms with E-state index in [2.05, 4.69) is 17.6 Å². The predicted octanol–water partition coefficient (Wildman–Crippen LogP) is 1.44. The van der Waals surface area contributed by atoms with Crippen LogP contribution in [0.15, 0.2) is 0 Å². The summed E-state index contributed by atoms with van der Waals surface area (Å²) in [5.74, 6) is -1.56. The van der Waals surface area contributed by atoms with E-state index in [1.54, 1.807) is 0 Å². The molecule has 0 heterocycles. The molecule has 2 amide bonds. The van der Waals surface area contributed by atoms with Crippen LogP contribution in [0.1, 0.15) is 58.8 Å². The molecule has 20 heavy (non-hydrogen) atoms. The van der Waals surface area contributed by atoms with E-state index in [0.717, 1.165) is 19.3 Å². The molecule has 0 radical (unpaired) electrons. The molecule has 0 aliphatic carbocycles. The molecule has 0 spiro atoms. The first-order valence-corrected chi connectivity index (χ1v) is 7.30. The van der Waals surface area contributed by atoms with Gasteiger partial charge in [0.2, 0.25) is 11.8 Å². The van der Waals surface area contributed by atoms with Gasteiger partial charge >= 0.3 is 5.97 Å². The molecule has 0 rings (SSSR count). The Labute approximate surface area is 120 Å². The van der Waals surface area contributed by atoms with Crippen molar-refractivity contribution >= 4 is 17.8 Å². The van der Waals surface area contributed by atoms with Crippen molar-refractivity contribution in [1.82, 2.24) is 10.6 Å². The lowest BCUT2D eigenvalue weighted by Gasteiger charge is -2.14. The van der Waals surface area contributed by atoms with Gasteiger partial charge in [-0.15, -0.1) is 0 Å². The smallest absolute Gasteiger partial charge is 0.326 e. The van der Waals surface area contributed by atoms with Crippen molar-refractivity contribution in [3.63, 3.8) is 0 Å². The lowest BCUT2D eigenvalue weighted by molar-refractivity contribution is -0.142. The maximum absolute atomic E-state index is 11.5. The van der Waals surface area contributed by atoms with Gasteiger partial charge in [0.15, 0.2) is 0 Å². The van der Waals surface area contributed by atoms with E-state index in [1.165, 1.54) is 0 Å². The Hall–Kier alpha value is -1.59. The van der Waals surface area contributed by atoms with E-state index < -0.39 is 12.0 Å². The highest BCUT2D eigenvalue weighted by molar-refractivity contribution is 5.84. The average Bonchev–Trinajstić information content (AvgIpc) is 2.39. The summed E-state index contributed by atoms with van der Waals surface area (Å²) in [5.41, 5.74) is 0. The lowest BCUT2D eigenvalue weighted by Crippen LogP contribution is -2.41. The zero-order valence-electron chi connectivity index (χ0n) is 12.4. The largest absolute Gasteiger partial charge is 0.480 e. The Kier molecular flexibility index (Phi) is 10.4. The van der Waals surface area contributed by atoms with Crippen LogP contribution in [0.2, 0.25) is 0 Å². The predicted molar refractivity (Wildman–Crippen MR) is 76.2 cm³/mol. The van der Waals surface area contributed by atoms with Crippen LogP contribution in [0.5, 0.6) is 0 Å². The van der Waals surface area contributed by atoms with Crippen LogP contribution in [0.3, 0.4) is 0 Å². The van der Waals surface area contributed by atoms with E-state index in [1.807, 2.05) is 6.92 Å². The fourth-order valence-electron chi connectivity index (χ4n) is 1.72. The Morgan fingerprint density at radius 2 is 1.70 bits per heavy atom. The number of amides is 2. The Balaban J connectivity index is 3.98. The number of carbonyl (C=O) groups excluding carboxylic acids is 2. The van der Waals surface area contributed by atoms with E-state index >= 15 is 0 Å². The number of nitrogens with one attached hydrogen (secondary N) is 2. The van der Waals surface area contributed by atoms with Gasteiger partial charge in [-0.2, -0.15) is 0 Å². The molecule has 1 atom stereocenters. The number of unbranched alkanes of at least 4 members (excludes halogenated alkanes) is 2. The molecule has 6 nitrogen and oxygen atoms in total. The molecule has 116 valence electrons. The normalized spacial score (nSPS) is 11.7. The zero-order chi connectivity index (χ0) is 15.4. The van der Waals surface area contributed by atoms with Crippen LogP contribution in [-0.4, -0.2) is 35.5 Å². The topological polar surface area (TPSA) is 95.5 Å². The number of rotatable bonds is 11. The van der Waals surface area contributed by atoms with Crippen molar-refractivity contribution < 1.29 is 19.5 Å². The summed E-state index contributed by atoms with van der Waals surface area (Å²) in [6.07, 6.45) is 4.26. The zero-order valence-corrected chi connectivity index (χ0v) is 12.4. The third-order valence-corrected chi connectivity index (χ3v) is 2.87. The highest BCUT2D eigenvalue weighted by atomic mass is 16.4. The van der Waals surface area contributed by atoms with Gasteiger partial charge in [-0.3, -0.25) is 9.59 Å². The van der Waals surface area contributed by atoms with Crippen LogP contribution >= 0.6 is 0 Å². The number of carboxylic acids is 1. The quantitative estimate of drug-likeness (QED) is 0.501. The second-order valence-corrected chi connectivity index (χ2v) is 4.80. The summed E-state index contributed by atoms with van der Waals surface area (Å²) in [6.45, 7) is 4.55. The summed E-state index contributed by atoms with van der Waals surface area (Å²) in [7, 11) is 0. The summed E-state index contributed by atoms with van der Waals surface area (Å²) in [6, 6.07) is -0.990. The van der Waals surface area contributed by atoms with Gasteiger partial charge in [-0.1, -0.05) is 26.7 Å². The Bertz CT molecular complexity index is 318. The van der Waals surface area contributed by atoms with Crippen LogP contribution in [0.25, 0.3) is 0 Å². The van der Waals surface area contributed by atoms with E-state index in [0.29, 0.717) is 19.4 Å². The summed E-state index contributed by atoms with van der Waals surface area (Å²) in [4.78, 5) is 33.9. The van der Waals surface area contributed by atoms with Gasteiger partial charge in [-0.05, 0) is 19.3 Å². The average molecular weight is 286 g/mol. The first-order chi connectivity index (χ1) is 9.51. The number of hydrogen-bond acceptors (Lipinski definition) is 3. The van der Waals surface area contributed by atoms with Gasteiger partial charge < -0.3 is 15.7 Å². The molecule has 0 aromatic heterocycles. The molecule has 0 aliphatic rings. The van der Waals surface area contributed by atoms with Crippen molar-refractivity contribution in [2.45, 2.75) is 64.8 Å². The van der Waals surface area contributed by atoms with Gasteiger partial charge in [-0.25, -0.2) is 4.79 Å². The molecule has 0 bridgehead atoms.